The van der Waals surface area contributed by atoms with E-state index in [2.05, 4.69) is 4.98 Å². The van der Waals surface area contributed by atoms with Crippen molar-refractivity contribution in [2.24, 2.45) is 0 Å². The zero-order chi connectivity index (χ0) is 17.1. The number of halogens is 2. The minimum Gasteiger partial charge on any atom is -0.386 e. The molecule has 0 aliphatic rings. The third-order valence-electron chi connectivity index (χ3n) is 3.80. The van der Waals surface area contributed by atoms with E-state index < -0.39 is 23.8 Å². The van der Waals surface area contributed by atoms with Crippen molar-refractivity contribution in [2.75, 3.05) is 0 Å². The Kier molecular flexibility index (Phi) is 4.69. The standard InChI is InChI=1S/C18H16F2N2O2/c19-13-6-7-14(15(20)10-13)16(23)11-22-9-8-21-18(22)17(24)12-4-2-1-3-5-12/h1-10,16-17,23-24H,11H2/t16-,17+/m0/s1. The maximum atomic E-state index is 13.8. The topological polar surface area (TPSA) is 58.3 Å². The van der Waals surface area contributed by atoms with Gasteiger partial charge in [0.1, 0.15) is 23.6 Å². The first kappa shape index (κ1) is 16.3. The van der Waals surface area contributed by atoms with Crippen LogP contribution < -0.4 is 0 Å². The number of hydrogen-bond acceptors (Lipinski definition) is 3. The maximum absolute atomic E-state index is 13.8. The minimum atomic E-state index is -1.19. The highest BCUT2D eigenvalue weighted by Gasteiger charge is 2.20. The molecule has 0 aliphatic carbocycles. The average Bonchev–Trinajstić information content (AvgIpc) is 3.03. The van der Waals surface area contributed by atoms with Gasteiger partial charge in [0.2, 0.25) is 0 Å². The molecule has 3 aromatic rings. The Balaban J connectivity index is 1.83. The summed E-state index contributed by atoms with van der Waals surface area (Å²) in [6.45, 7) is -0.0121. The quantitative estimate of drug-likeness (QED) is 0.756. The van der Waals surface area contributed by atoms with Crippen LogP contribution in [-0.4, -0.2) is 19.8 Å². The molecule has 0 spiro atoms. The van der Waals surface area contributed by atoms with Gasteiger partial charge < -0.3 is 14.8 Å². The lowest BCUT2D eigenvalue weighted by molar-refractivity contribution is 0.143. The summed E-state index contributed by atoms with van der Waals surface area (Å²) in [6.07, 6.45) is 0.925. The number of aromatic nitrogens is 2. The lowest BCUT2D eigenvalue weighted by atomic mass is 10.1. The molecule has 0 aliphatic heterocycles. The molecular formula is C18H16F2N2O2. The summed E-state index contributed by atoms with van der Waals surface area (Å²) in [7, 11) is 0. The van der Waals surface area contributed by atoms with Crippen LogP contribution in [0.4, 0.5) is 8.78 Å². The number of benzene rings is 2. The van der Waals surface area contributed by atoms with Crippen LogP contribution in [0.3, 0.4) is 0 Å². The van der Waals surface area contributed by atoms with Crippen LogP contribution in [0, 0.1) is 11.6 Å². The van der Waals surface area contributed by atoms with Crippen molar-refractivity contribution >= 4 is 0 Å². The molecule has 0 saturated heterocycles. The second-order valence-electron chi connectivity index (χ2n) is 5.43. The molecule has 1 heterocycles. The summed E-state index contributed by atoms with van der Waals surface area (Å²) in [4.78, 5) is 4.12. The smallest absolute Gasteiger partial charge is 0.142 e. The third kappa shape index (κ3) is 3.34. The van der Waals surface area contributed by atoms with Gasteiger partial charge in [-0.25, -0.2) is 13.8 Å². The van der Waals surface area contributed by atoms with E-state index in [-0.39, 0.29) is 12.1 Å². The largest absolute Gasteiger partial charge is 0.386 e. The summed E-state index contributed by atoms with van der Waals surface area (Å²) < 4.78 is 28.3. The highest BCUT2D eigenvalue weighted by Crippen LogP contribution is 2.24. The summed E-state index contributed by atoms with van der Waals surface area (Å²) in [5, 5.41) is 20.7. The molecular weight excluding hydrogens is 314 g/mol. The molecule has 0 bridgehead atoms. The van der Waals surface area contributed by atoms with Gasteiger partial charge in [-0.3, -0.25) is 0 Å². The molecule has 0 saturated carbocycles. The second-order valence-corrected chi connectivity index (χ2v) is 5.43. The number of imidazole rings is 1. The Morgan fingerprint density at radius 1 is 1.04 bits per heavy atom. The fourth-order valence-corrected chi connectivity index (χ4v) is 2.56. The van der Waals surface area contributed by atoms with Crippen LogP contribution >= 0.6 is 0 Å². The molecule has 0 amide bonds. The summed E-state index contributed by atoms with van der Waals surface area (Å²) >= 11 is 0. The highest BCUT2D eigenvalue weighted by atomic mass is 19.1. The monoisotopic (exact) mass is 330 g/mol. The molecule has 6 heteroatoms. The second kappa shape index (κ2) is 6.90. The predicted molar refractivity (Wildman–Crippen MR) is 84.0 cm³/mol. The van der Waals surface area contributed by atoms with E-state index in [9.17, 15) is 19.0 Å². The summed E-state index contributed by atoms with van der Waals surface area (Å²) in [6, 6.07) is 12.0. The first-order chi connectivity index (χ1) is 11.6. The Bertz CT molecular complexity index is 821. The van der Waals surface area contributed by atoms with Gasteiger partial charge in [0, 0.05) is 24.0 Å². The normalized spacial score (nSPS) is 13.7. The van der Waals surface area contributed by atoms with Gasteiger partial charge in [-0.2, -0.15) is 0 Å². The Hall–Kier alpha value is -2.57. The van der Waals surface area contributed by atoms with E-state index in [4.69, 9.17) is 0 Å². The summed E-state index contributed by atoms with van der Waals surface area (Å²) in [5.41, 5.74) is 0.651. The molecule has 0 unspecified atom stereocenters. The zero-order valence-corrected chi connectivity index (χ0v) is 12.7. The number of aliphatic hydroxyl groups is 2. The number of aliphatic hydroxyl groups excluding tert-OH is 2. The average molecular weight is 330 g/mol. The number of rotatable bonds is 5. The number of nitrogens with zero attached hydrogens (tertiary/aromatic N) is 2. The summed E-state index contributed by atoms with van der Waals surface area (Å²) in [5.74, 6) is -1.18. The highest BCUT2D eigenvalue weighted by molar-refractivity contribution is 5.24. The Labute approximate surface area is 137 Å². The van der Waals surface area contributed by atoms with Crippen molar-refractivity contribution < 1.29 is 19.0 Å². The van der Waals surface area contributed by atoms with Crippen LogP contribution in [0.5, 0.6) is 0 Å². The lowest BCUT2D eigenvalue weighted by Gasteiger charge is -2.17. The molecule has 0 fully saturated rings. The van der Waals surface area contributed by atoms with E-state index in [1.54, 1.807) is 35.0 Å². The van der Waals surface area contributed by atoms with Crippen LogP contribution in [-0.2, 0) is 6.54 Å². The molecule has 1 aromatic heterocycles. The Morgan fingerprint density at radius 2 is 1.79 bits per heavy atom. The predicted octanol–water partition coefficient (Wildman–Crippen LogP) is 2.98. The molecule has 3 rings (SSSR count). The van der Waals surface area contributed by atoms with Crippen LogP contribution in [0.15, 0.2) is 60.9 Å². The molecule has 2 N–H and O–H groups in total. The van der Waals surface area contributed by atoms with Gasteiger partial charge in [-0.1, -0.05) is 36.4 Å². The van der Waals surface area contributed by atoms with E-state index in [0.29, 0.717) is 11.4 Å². The van der Waals surface area contributed by atoms with Gasteiger partial charge in [0.05, 0.1) is 12.6 Å². The molecule has 2 atom stereocenters. The molecule has 24 heavy (non-hydrogen) atoms. The fourth-order valence-electron chi connectivity index (χ4n) is 2.56. The first-order valence-electron chi connectivity index (χ1n) is 7.43. The molecule has 4 nitrogen and oxygen atoms in total. The van der Waals surface area contributed by atoms with Crippen molar-refractivity contribution in [1.82, 2.24) is 9.55 Å². The Morgan fingerprint density at radius 3 is 2.50 bits per heavy atom. The fraction of sp³-hybridized carbons (Fsp3) is 0.167. The molecule has 2 aromatic carbocycles. The maximum Gasteiger partial charge on any atom is 0.142 e. The van der Waals surface area contributed by atoms with Crippen molar-refractivity contribution in [2.45, 2.75) is 18.8 Å². The van der Waals surface area contributed by atoms with E-state index >= 15 is 0 Å². The van der Waals surface area contributed by atoms with Crippen molar-refractivity contribution in [3.63, 3.8) is 0 Å². The van der Waals surface area contributed by atoms with Crippen LogP contribution in [0.1, 0.15) is 29.2 Å². The third-order valence-corrected chi connectivity index (χ3v) is 3.80. The first-order valence-corrected chi connectivity index (χ1v) is 7.43. The molecule has 124 valence electrons. The minimum absolute atomic E-state index is 0.00903. The van der Waals surface area contributed by atoms with Crippen LogP contribution in [0.25, 0.3) is 0 Å². The van der Waals surface area contributed by atoms with E-state index in [0.717, 1.165) is 12.1 Å². The number of hydrogen-bond donors (Lipinski definition) is 2. The van der Waals surface area contributed by atoms with Crippen molar-refractivity contribution in [1.29, 1.82) is 0 Å². The molecule has 0 radical (unpaired) electrons. The van der Waals surface area contributed by atoms with Crippen molar-refractivity contribution in [3.8, 4) is 0 Å². The SMILES string of the molecule is O[C@H](c1ccccc1)c1nccn1C[C@H](O)c1ccc(F)cc1F. The van der Waals surface area contributed by atoms with Crippen LogP contribution in [0.2, 0.25) is 0 Å². The van der Waals surface area contributed by atoms with Gasteiger partial charge in [0.15, 0.2) is 0 Å². The van der Waals surface area contributed by atoms with Gasteiger partial charge in [0.25, 0.3) is 0 Å². The van der Waals surface area contributed by atoms with Gasteiger partial charge in [-0.15, -0.1) is 0 Å². The zero-order valence-electron chi connectivity index (χ0n) is 12.7. The van der Waals surface area contributed by atoms with Gasteiger partial charge >= 0.3 is 0 Å². The lowest BCUT2D eigenvalue weighted by Crippen LogP contribution is -2.15. The van der Waals surface area contributed by atoms with E-state index in [1.807, 2.05) is 6.07 Å². The van der Waals surface area contributed by atoms with Gasteiger partial charge in [-0.05, 0) is 11.6 Å². The van der Waals surface area contributed by atoms with Crippen molar-refractivity contribution in [3.05, 3.63) is 89.5 Å². The van der Waals surface area contributed by atoms with E-state index in [1.165, 1.54) is 12.3 Å².